The molecule has 1 unspecified atom stereocenters. The van der Waals surface area contributed by atoms with Gasteiger partial charge < -0.3 is 14.9 Å². The molecule has 2 aromatic rings. The summed E-state index contributed by atoms with van der Waals surface area (Å²) in [5, 5.41) is 18.6. The second-order valence-corrected chi connectivity index (χ2v) is 8.08. The van der Waals surface area contributed by atoms with Gasteiger partial charge in [-0.2, -0.15) is 0 Å². The van der Waals surface area contributed by atoms with Crippen LogP contribution < -0.4 is 5.32 Å². The summed E-state index contributed by atoms with van der Waals surface area (Å²) in [7, 11) is 0. The number of anilines is 1. The molecule has 5 rings (SSSR count). The largest absolute Gasteiger partial charge is 0.478 e. The molecule has 8 nitrogen and oxygen atoms in total. The number of hydrogen-bond acceptors (Lipinski definition) is 5. The molecule has 0 aromatic heterocycles. The van der Waals surface area contributed by atoms with Gasteiger partial charge in [-0.15, -0.1) is 0 Å². The number of aliphatic carboxylic acids is 2. The third-order valence-electron chi connectivity index (χ3n) is 5.80. The standard InChI is InChI=1S/C21H24N2O2.C4H4O4/c1-15-6-5-9-18(20(15)17-7-3-2-4-8-17)22-21(24)25-19-14-23-12-10-16(19)11-13-23;5-3(6)1-2-4(7)8/h2-9,16,19H,10-14H2,1H3,(H,22,24);1-2H,(H,5,6)(H,7,8)/b;2-1+. The number of nitrogens with one attached hydrogen (secondary N) is 1. The van der Waals surface area contributed by atoms with Crippen LogP contribution in [0.15, 0.2) is 60.7 Å². The fourth-order valence-electron chi connectivity index (χ4n) is 4.22. The molecule has 3 aliphatic rings. The van der Waals surface area contributed by atoms with Crippen LogP contribution in [-0.2, 0) is 14.3 Å². The molecular weight excluding hydrogens is 424 g/mol. The Morgan fingerprint density at radius 2 is 1.61 bits per heavy atom. The minimum Gasteiger partial charge on any atom is -0.478 e. The lowest BCUT2D eigenvalue weighted by Crippen LogP contribution is -2.52. The van der Waals surface area contributed by atoms with Gasteiger partial charge in [-0.1, -0.05) is 42.5 Å². The molecular formula is C25H28N2O6. The average molecular weight is 453 g/mol. The number of nitrogens with zero attached hydrogens (tertiary/aromatic N) is 1. The summed E-state index contributed by atoms with van der Waals surface area (Å²) < 4.78 is 5.77. The van der Waals surface area contributed by atoms with Gasteiger partial charge in [0, 0.05) is 24.3 Å². The molecule has 8 heteroatoms. The Labute approximate surface area is 192 Å². The summed E-state index contributed by atoms with van der Waals surface area (Å²) in [6.45, 7) is 5.22. The van der Waals surface area contributed by atoms with Gasteiger partial charge in [0.1, 0.15) is 6.10 Å². The zero-order valence-corrected chi connectivity index (χ0v) is 18.4. The first-order chi connectivity index (χ1) is 15.8. The van der Waals surface area contributed by atoms with Crippen molar-refractivity contribution in [3.05, 3.63) is 66.2 Å². The van der Waals surface area contributed by atoms with Crippen molar-refractivity contribution >= 4 is 23.7 Å². The minimum atomic E-state index is -1.26. The van der Waals surface area contributed by atoms with E-state index in [1.807, 2.05) is 30.3 Å². The molecule has 174 valence electrons. The molecule has 1 amide bonds. The van der Waals surface area contributed by atoms with Crippen LogP contribution in [0.5, 0.6) is 0 Å². The lowest BCUT2D eigenvalue weighted by atomic mass is 9.86. The van der Waals surface area contributed by atoms with E-state index in [0.29, 0.717) is 18.1 Å². The molecule has 0 aliphatic carbocycles. The predicted molar refractivity (Wildman–Crippen MR) is 124 cm³/mol. The van der Waals surface area contributed by atoms with Crippen molar-refractivity contribution in [1.29, 1.82) is 0 Å². The fraction of sp³-hybridized carbons (Fsp3) is 0.320. The quantitative estimate of drug-likeness (QED) is 0.587. The van der Waals surface area contributed by atoms with Crippen LogP contribution in [0.4, 0.5) is 10.5 Å². The van der Waals surface area contributed by atoms with E-state index in [9.17, 15) is 14.4 Å². The van der Waals surface area contributed by atoms with E-state index < -0.39 is 11.9 Å². The zero-order chi connectivity index (χ0) is 23.8. The molecule has 0 spiro atoms. The highest BCUT2D eigenvalue weighted by Crippen LogP contribution is 2.33. The number of ether oxygens (including phenoxy) is 1. The Morgan fingerprint density at radius 1 is 0.970 bits per heavy atom. The van der Waals surface area contributed by atoms with Gasteiger partial charge >= 0.3 is 18.0 Å². The van der Waals surface area contributed by atoms with Gasteiger partial charge in [0.2, 0.25) is 0 Å². The Kier molecular flexibility index (Phi) is 8.21. The molecule has 33 heavy (non-hydrogen) atoms. The third kappa shape index (κ3) is 6.92. The van der Waals surface area contributed by atoms with Crippen molar-refractivity contribution in [3.8, 4) is 11.1 Å². The molecule has 2 aromatic carbocycles. The van der Waals surface area contributed by atoms with E-state index in [2.05, 4.69) is 35.3 Å². The number of piperidine rings is 3. The van der Waals surface area contributed by atoms with Crippen molar-refractivity contribution in [2.45, 2.75) is 25.9 Å². The first-order valence-corrected chi connectivity index (χ1v) is 10.8. The maximum Gasteiger partial charge on any atom is 0.411 e. The lowest BCUT2D eigenvalue weighted by Gasteiger charge is -2.43. The second-order valence-electron chi connectivity index (χ2n) is 8.08. The number of amides is 1. The first-order valence-electron chi connectivity index (χ1n) is 10.8. The summed E-state index contributed by atoms with van der Waals surface area (Å²) in [6.07, 6.45) is 3.06. The molecule has 3 N–H and O–H groups in total. The maximum absolute atomic E-state index is 12.5. The van der Waals surface area contributed by atoms with Crippen molar-refractivity contribution in [1.82, 2.24) is 4.90 Å². The van der Waals surface area contributed by atoms with Gasteiger partial charge in [0.15, 0.2) is 0 Å². The zero-order valence-electron chi connectivity index (χ0n) is 18.4. The number of carbonyl (C=O) groups is 3. The SMILES string of the molecule is Cc1cccc(NC(=O)OC2CN3CCC2CC3)c1-c1ccccc1.O=C(O)/C=C/C(=O)O. The van der Waals surface area contributed by atoms with Gasteiger partial charge in [0.05, 0.1) is 5.69 Å². The monoisotopic (exact) mass is 452 g/mol. The van der Waals surface area contributed by atoms with Crippen LogP contribution >= 0.6 is 0 Å². The summed E-state index contributed by atoms with van der Waals surface area (Å²) in [5.74, 6) is -2.00. The molecule has 1 atom stereocenters. The van der Waals surface area contributed by atoms with E-state index in [0.717, 1.165) is 54.9 Å². The Balaban J connectivity index is 0.000000331. The third-order valence-corrected chi connectivity index (χ3v) is 5.80. The number of hydrogen-bond donors (Lipinski definition) is 3. The van der Waals surface area contributed by atoms with Crippen molar-refractivity contribution in [3.63, 3.8) is 0 Å². The number of rotatable bonds is 5. The summed E-state index contributed by atoms with van der Waals surface area (Å²) in [4.78, 5) is 34.0. The number of benzene rings is 2. The lowest BCUT2D eigenvalue weighted by molar-refractivity contribution is -0.134. The number of fused-ring (bicyclic) bond motifs is 3. The highest BCUT2D eigenvalue weighted by atomic mass is 16.6. The van der Waals surface area contributed by atoms with E-state index in [-0.39, 0.29) is 12.2 Å². The maximum atomic E-state index is 12.5. The minimum absolute atomic E-state index is 0.0208. The fourth-order valence-corrected chi connectivity index (χ4v) is 4.22. The molecule has 0 saturated carbocycles. The van der Waals surface area contributed by atoms with E-state index in [1.54, 1.807) is 0 Å². The van der Waals surface area contributed by atoms with Gasteiger partial charge in [0.25, 0.3) is 0 Å². The molecule has 2 bridgehead atoms. The van der Waals surface area contributed by atoms with Crippen LogP contribution in [0.2, 0.25) is 0 Å². The van der Waals surface area contributed by atoms with Crippen LogP contribution in [0.3, 0.4) is 0 Å². The number of carboxylic acids is 2. The summed E-state index contributed by atoms with van der Waals surface area (Å²) in [6, 6.07) is 16.1. The normalized spacial score (nSPS) is 21.1. The van der Waals surface area contributed by atoms with E-state index in [4.69, 9.17) is 14.9 Å². The van der Waals surface area contributed by atoms with Crippen LogP contribution in [0.1, 0.15) is 18.4 Å². The highest BCUT2D eigenvalue weighted by Gasteiger charge is 2.36. The summed E-state index contributed by atoms with van der Waals surface area (Å²) >= 11 is 0. The van der Waals surface area contributed by atoms with Crippen molar-refractivity contribution in [2.75, 3.05) is 25.0 Å². The van der Waals surface area contributed by atoms with Crippen LogP contribution in [-0.4, -0.2) is 58.9 Å². The molecule has 3 aliphatic heterocycles. The molecule has 3 fully saturated rings. The predicted octanol–water partition coefficient (Wildman–Crippen LogP) is 4.02. The number of carbonyl (C=O) groups excluding carboxylic acids is 1. The van der Waals surface area contributed by atoms with E-state index >= 15 is 0 Å². The van der Waals surface area contributed by atoms with Crippen molar-refractivity contribution < 1.29 is 29.3 Å². The van der Waals surface area contributed by atoms with Crippen LogP contribution in [0.25, 0.3) is 11.1 Å². The van der Waals surface area contributed by atoms with Crippen molar-refractivity contribution in [2.24, 2.45) is 5.92 Å². The van der Waals surface area contributed by atoms with E-state index in [1.165, 1.54) is 0 Å². The van der Waals surface area contributed by atoms with Gasteiger partial charge in [-0.25, -0.2) is 14.4 Å². The first kappa shape index (κ1) is 24.0. The summed E-state index contributed by atoms with van der Waals surface area (Å²) in [5.41, 5.74) is 4.08. The molecule has 3 saturated heterocycles. The number of carboxylic acid groups (broad SMARTS) is 2. The topological polar surface area (TPSA) is 116 Å². The van der Waals surface area contributed by atoms with Gasteiger partial charge in [-0.3, -0.25) is 10.2 Å². The average Bonchev–Trinajstić information content (AvgIpc) is 2.79. The smallest absolute Gasteiger partial charge is 0.411 e. The Hall–Kier alpha value is -3.65. The second kappa shape index (κ2) is 11.3. The Bertz CT molecular complexity index is 997. The Morgan fingerprint density at radius 3 is 2.15 bits per heavy atom. The van der Waals surface area contributed by atoms with Gasteiger partial charge in [-0.05, 0) is 56.0 Å². The highest BCUT2D eigenvalue weighted by molar-refractivity contribution is 5.92. The molecule has 0 radical (unpaired) electrons. The van der Waals surface area contributed by atoms with Crippen LogP contribution in [0, 0.1) is 12.8 Å². The molecule has 3 heterocycles. The number of aryl methyl sites for hydroxylation is 1.